The van der Waals surface area contributed by atoms with Gasteiger partial charge < -0.3 is 10.2 Å². The zero-order valence-electron chi connectivity index (χ0n) is 12.0. The molecule has 0 aliphatic heterocycles. The van der Waals surface area contributed by atoms with Crippen LogP contribution in [-0.2, 0) is 5.75 Å². The van der Waals surface area contributed by atoms with Crippen molar-refractivity contribution in [3.63, 3.8) is 0 Å². The van der Waals surface area contributed by atoms with Gasteiger partial charge in [0.15, 0.2) is 0 Å². The van der Waals surface area contributed by atoms with Gasteiger partial charge in [0.05, 0.1) is 6.04 Å². The van der Waals surface area contributed by atoms with Crippen LogP contribution in [0.3, 0.4) is 0 Å². The molecular weight excluding hydrogens is 329 g/mol. The van der Waals surface area contributed by atoms with E-state index >= 15 is 0 Å². The first-order valence-corrected chi connectivity index (χ1v) is 7.93. The van der Waals surface area contributed by atoms with E-state index < -0.39 is 0 Å². The van der Waals surface area contributed by atoms with Crippen LogP contribution >= 0.6 is 35.8 Å². The Bertz CT molecular complexity index is 565. The van der Waals surface area contributed by atoms with E-state index in [1.807, 2.05) is 24.3 Å². The Balaban J connectivity index is 0.00000220. The molecule has 7 heteroatoms. The van der Waals surface area contributed by atoms with Crippen molar-refractivity contribution in [1.82, 2.24) is 10.2 Å². The van der Waals surface area contributed by atoms with Gasteiger partial charge in [-0.15, -0.1) is 22.6 Å². The Hall–Kier alpha value is -0.750. The molecule has 0 saturated heterocycles. The number of nitrogens with zero attached hydrogens (tertiary/aromatic N) is 2. The normalized spacial score (nSPS) is 13.5. The highest BCUT2D eigenvalue weighted by molar-refractivity contribution is 7.98. The van der Waals surface area contributed by atoms with Gasteiger partial charge in [0.25, 0.3) is 5.22 Å². The van der Waals surface area contributed by atoms with Crippen LogP contribution in [0, 0.1) is 5.92 Å². The molecule has 2 atom stereocenters. The van der Waals surface area contributed by atoms with Crippen LogP contribution in [0.4, 0.5) is 0 Å². The molecule has 1 unspecified atom stereocenters. The lowest BCUT2D eigenvalue weighted by Gasteiger charge is -2.13. The molecule has 2 aromatic rings. The third-order valence-electron chi connectivity index (χ3n) is 3.27. The molecule has 4 nitrogen and oxygen atoms in total. The number of nitrogens with two attached hydrogens (primary N) is 1. The zero-order valence-corrected chi connectivity index (χ0v) is 14.3. The SMILES string of the molecule is CCC(C)[C@H](N)c1nnc(SCc2ccccc2Cl)o1.Cl. The first-order valence-electron chi connectivity index (χ1n) is 6.57. The van der Waals surface area contributed by atoms with Crippen molar-refractivity contribution < 1.29 is 4.42 Å². The molecular formula is C14H19Cl2N3OS. The first kappa shape index (κ1) is 18.3. The number of aromatic nitrogens is 2. The third-order valence-corrected chi connectivity index (χ3v) is 4.51. The molecule has 1 aromatic heterocycles. The second-order valence-electron chi connectivity index (χ2n) is 4.70. The zero-order chi connectivity index (χ0) is 14.5. The molecule has 0 amide bonds. The minimum atomic E-state index is -0.206. The lowest BCUT2D eigenvalue weighted by atomic mass is 10.0. The maximum atomic E-state index is 6.11. The Morgan fingerprint density at radius 2 is 2.05 bits per heavy atom. The fraction of sp³-hybridized carbons (Fsp3) is 0.429. The molecule has 0 radical (unpaired) electrons. The number of rotatable bonds is 6. The van der Waals surface area contributed by atoms with Crippen molar-refractivity contribution in [3.05, 3.63) is 40.7 Å². The number of halogens is 2. The summed E-state index contributed by atoms with van der Waals surface area (Å²) >= 11 is 7.57. The minimum Gasteiger partial charge on any atom is -0.414 e. The highest BCUT2D eigenvalue weighted by atomic mass is 35.5. The van der Waals surface area contributed by atoms with E-state index in [1.54, 1.807) is 0 Å². The van der Waals surface area contributed by atoms with Crippen molar-refractivity contribution in [2.24, 2.45) is 11.7 Å². The van der Waals surface area contributed by atoms with E-state index in [0.717, 1.165) is 17.0 Å². The predicted octanol–water partition coefficient (Wildman–Crippen LogP) is 4.48. The van der Waals surface area contributed by atoms with Crippen molar-refractivity contribution in [3.8, 4) is 0 Å². The van der Waals surface area contributed by atoms with Crippen molar-refractivity contribution in [2.45, 2.75) is 37.3 Å². The molecule has 2 rings (SSSR count). The molecule has 21 heavy (non-hydrogen) atoms. The average molecular weight is 348 g/mol. The summed E-state index contributed by atoms with van der Waals surface area (Å²) in [5.74, 6) is 1.51. The summed E-state index contributed by atoms with van der Waals surface area (Å²) in [6.45, 7) is 4.17. The van der Waals surface area contributed by atoms with Crippen LogP contribution in [0.1, 0.15) is 37.8 Å². The van der Waals surface area contributed by atoms with E-state index in [9.17, 15) is 0 Å². The van der Waals surface area contributed by atoms with Crippen molar-refractivity contribution >= 4 is 35.8 Å². The van der Waals surface area contributed by atoms with Gasteiger partial charge in [-0.3, -0.25) is 0 Å². The van der Waals surface area contributed by atoms with Gasteiger partial charge in [0.2, 0.25) is 5.89 Å². The lowest BCUT2D eigenvalue weighted by Crippen LogP contribution is -2.18. The molecule has 116 valence electrons. The fourth-order valence-electron chi connectivity index (χ4n) is 1.67. The van der Waals surface area contributed by atoms with Crippen LogP contribution in [0.15, 0.2) is 33.9 Å². The first-order chi connectivity index (χ1) is 9.61. The predicted molar refractivity (Wildman–Crippen MR) is 88.9 cm³/mol. The minimum absolute atomic E-state index is 0. The number of thioether (sulfide) groups is 1. The monoisotopic (exact) mass is 347 g/mol. The van der Waals surface area contributed by atoms with Crippen LogP contribution in [-0.4, -0.2) is 10.2 Å². The second kappa shape index (κ2) is 8.63. The molecule has 0 spiro atoms. The maximum absolute atomic E-state index is 6.11. The standard InChI is InChI=1S/C14H18ClN3OS.ClH/c1-3-9(2)12(16)13-17-18-14(19-13)20-8-10-6-4-5-7-11(10)15;/h4-7,9,12H,3,8,16H2,1-2H3;1H/t9?,12-;/m0./s1. The molecule has 1 heterocycles. The molecule has 1 aromatic carbocycles. The highest BCUT2D eigenvalue weighted by Gasteiger charge is 2.19. The van der Waals surface area contributed by atoms with Gasteiger partial charge in [-0.1, -0.05) is 61.8 Å². The molecule has 0 aliphatic carbocycles. The molecule has 0 fully saturated rings. The Morgan fingerprint density at radius 1 is 1.33 bits per heavy atom. The van der Waals surface area contributed by atoms with E-state index in [0.29, 0.717) is 22.8 Å². The summed E-state index contributed by atoms with van der Waals surface area (Å²) in [4.78, 5) is 0. The summed E-state index contributed by atoms with van der Waals surface area (Å²) in [7, 11) is 0. The van der Waals surface area contributed by atoms with Gasteiger partial charge >= 0.3 is 0 Å². The summed E-state index contributed by atoms with van der Waals surface area (Å²) < 4.78 is 5.60. The summed E-state index contributed by atoms with van der Waals surface area (Å²) in [5.41, 5.74) is 7.11. The van der Waals surface area contributed by atoms with Crippen LogP contribution in [0.5, 0.6) is 0 Å². The molecule has 0 bridgehead atoms. The summed E-state index contributed by atoms with van der Waals surface area (Å²) in [5, 5.41) is 9.32. The van der Waals surface area contributed by atoms with Crippen LogP contribution in [0.25, 0.3) is 0 Å². The van der Waals surface area contributed by atoms with Crippen molar-refractivity contribution in [2.75, 3.05) is 0 Å². The molecule has 2 N–H and O–H groups in total. The van der Waals surface area contributed by atoms with E-state index in [-0.39, 0.29) is 18.4 Å². The second-order valence-corrected chi connectivity index (χ2v) is 6.03. The van der Waals surface area contributed by atoms with Gasteiger partial charge in [-0.2, -0.15) is 0 Å². The lowest BCUT2D eigenvalue weighted by molar-refractivity contribution is 0.333. The van der Waals surface area contributed by atoms with Gasteiger partial charge in [-0.05, 0) is 17.5 Å². The Labute approximate surface area is 140 Å². The van der Waals surface area contributed by atoms with Gasteiger partial charge in [-0.25, -0.2) is 0 Å². The van der Waals surface area contributed by atoms with E-state index in [1.165, 1.54) is 11.8 Å². The third kappa shape index (κ3) is 4.88. The number of benzene rings is 1. The average Bonchev–Trinajstić information content (AvgIpc) is 2.93. The van der Waals surface area contributed by atoms with Gasteiger partial charge in [0, 0.05) is 10.8 Å². The van der Waals surface area contributed by atoms with E-state index in [4.69, 9.17) is 21.8 Å². The maximum Gasteiger partial charge on any atom is 0.276 e. The van der Waals surface area contributed by atoms with Crippen LogP contribution in [0.2, 0.25) is 5.02 Å². The van der Waals surface area contributed by atoms with Gasteiger partial charge in [0.1, 0.15) is 0 Å². The summed E-state index contributed by atoms with van der Waals surface area (Å²) in [6, 6.07) is 7.52. The van der Waals surface area contributed by atoms with Crippen molar-refractivity contribution in [1.29, 1.82) is 0 Å². The Morgan fingerprint density at radius 3 is 2.71 bits per heavy atom. The molecule has 0 aliphatic rings. The highest BCUT2D eigenvalue weighted by Crippen LogP contribution is 2.28. The molecule has 0 saturated carbocycles. The largest absolute Gasteiger partial charge is 0.414 e. The number of hydrogen-bond donors (Lipinski definition) is 1. The number of hydrogen-bond acceptors (Lipinski definition) is 5. The quantitative estimate of drug-likeness (QED) is 0.780. The topological polar surface area (TPSA) is 64.9 Å². The fourth-order valence-corrected chi connectivity index (χ4v) is 2.72. The smallest absolute Gasteiger partial charge is 0.276 e. The Kier molecular flexibility index (Phi) is 7.52. The summed E-state index contributed by atoms with van der Waals surface area (Å²) in [6.07, 6.45) is 0.978. The van der Waals surface area contributed by atoms with Crippen LogP contribution < -0.4 is 5.73 Å². The van der Waals surface area contributed by atoms with E-state index in [2.05, 4.69) is 24.0 Å².